The molecule has 2 atom stereocenters. The largest absolute Gasteiger partial charge is 0.460 e. The van der Waals surface area contributed by atoms with Crippen molar-refractivity contribution >= 4 is 126 Å². The summed E-state index contributed by atoms with van der Waals surface area (Å²) in [6.45, 7) is 0.524. The molecule has 0 aromatic rings. The van der Waals surface area contributed by atoms with Crippen LogP contribution in [0.15, 0.2) is 26.8 Å². The van der Waals surface area contributed by atoms with Gasteiger partial charge in [-0.25, -0.2) is 0 Å². The summed E-state index contributed by atoms with van der Waals surface area (Å²) in [7, 11) is 7.94. The van der Waals surface area contributed by atoms with Gasteiger partial charge in [-0.2, -0.15) is 0 Å². The number of unbranched alkanes of at least 4 members (excludes halogenated alkanes) is 2. The van der Waals surface area contributed by atoms with Crippen LogP contribution in [0.3, 0.4) is 0 Å². The third-order valence-electron chi connectivity index (χ3n) is 6.49. The van der Waals surface area contributed by atoms with Crippen LogP contribution in [0.1, 0.15) is 64.2 Å². The quantitative estimate of drug-likeness (QED) is 0.0968. The topological polar surface area (TPSA) is 52.6 Å². The third-order valence-corrected chi connectivity index (χ3v) is 21.4. The van der Waals surface area contributed by atoms with Crippen molar-refractivity contribution in [3.8, 4) is 0 Å². The Hall–Kier alpha value is 1.66. The Labute approximate surface area is 279 Å². The second-order valence-electron chi connectivity index (χ2n) is 9.57. The van der Waals surface area contributed by atoms with Crippen LogP contribution in [0.2, 0.25) is 0 Å². The summed E-state index contributed by atoms with van der Waals surface area (Å²) in [6, 6.07) is 0. The molecular formula is C26H34O4S10. The number of carbonyl (C=O) groups is 2. The van der Waals surface area contributed by atoms with E-state index in [1.54, 1.807) is 23.5 Å². The lowest BCUT2D eigenvalue weighted by atomic mass is 10.1. The molecule has 2 unspecified atom stereocenters. The first-order valence-electron chi connectivity index (χ1n) is 13.7. The van der Waals surface area contributed by atoms with E-state index in [1.807, 2.05) is 90.2 Å². The second kappa shape index (κ2) is 18.0. The number of ether oxygens (including phenoxy) is 2. The molecule has 0 aliphatic carbocycles. The molecule has 5 aliphatic heterocycles. The molecule has 0 amide bonds. The van der Waals surface area contributed by atoms with Gasteiger partial charge in [0.05, 0.1) is 16.9 Å². The summed E-state index contributed by atoms with van der Waals surface area (Å²) in [5.41, 5.74) is 0. The van der Waals surface area contributed by atoms with Gasteiger partial charge in [-0.05, 0) is 38.5 Å². The fourth-order valence-corrected chi connectivity index (χ4v) is 19.2. The number of rotatable bonds is 14. The zero-order valence-electron chi connectivity index (χ0n) is 22.2. The molecule has 0 bridgehead atoms. The van der Waals surface area contributed by atoms with Crippen molar-refractivity contribution < 1.29 is 19.1 Å². The fourth-order valence-electron chi connectivity index (χ4n) is 4.31. The van der Waals surface area contributed by atoms with E-state index in [0.717, 1.165) is 57.5 Å². The lowest BCUT2D eigenvalue weighted by molar-refractivity contribution is -0.144. The Balaban J connectivity index is 1.09. The minimum atomic E-state index is -0.127. The highest BCUT2D eigenvalue weighted by atomic mass is 33.1. The number of hydrogen-bond donors (Lipinski definition) is 0. The zero-order chi connectivity index (χ0) is 27.6. The van der Waals surface area contributed by atoms with Gasteiger partial charge in [-0.15, -0.1) is 23.5 Å². The zero-order valence-corrected chi connectivity index (χ0v) is 30.3. The van der Waals surface area contributed by atoms with Crippen LogP contribution in [0.25, 0.3) is 0 Å². The molecule has 5 rings (SSSR count). The SMILES string of the molecule is O=C(CCCCC1CCSS1)OCC1=C(COC(=O)CCCCC2CCSS2)SC(=C2SC3=C(SCCS3)S2)S1. The van der Waals surface area contributed by atoms with Gasteiger partial charge in [-0.3, -0.25) is 9.59 Å². The van der Waals surface area contributed by atoms with Crippen LogP contribution < -0.4 is 0 Å². The normalized spacial score (nSPS) is 24.8. The maximum Gasteiger partial charge on any atom is 0.306 e. The van der Waals surface area contributed by atoms with Crippen LogP contribution >= 0.6 is 114 Å². The number of hydrogen-bond acceptors (Lipinski definition) is 14. The number of thioether (sulfide) groups is 6. The summed E-state index contributed by atoms with van der Waals surface area (Å²) in [6.07, 6.45) is 9.86. The van der Waals surface area contributed by atoms with Gasteiger partial charge in [0, 0.05) is 56.2 Å². The Morgan fingerprint density at radius 1 is 0.600 bits per heavy atom. The maximum atomic E-state index is 12.5. The molecular weight excluding hydrogens is 697 g/mol. The molecule has 0 N–H and O–H groups in total. The molecule has 222 valence electrons. The average Bonchev–Trinajstić information content (AvgIpc) is 3.78. The first-order chi connectivity index (χ1) is 19.6. The van der Waals surface area contributed by atoms with E-state index >= 15 is 0 Å². The molecule has 2 fully saturated rings. The number of esters is 2. The lowest BCUT2D eigenvalue weighted by Gasteiger charge is -2.09. The molecule has 2 saturated heterocycles. The van der Waals surface area contributed by atoms with Crippen LogP contribution in [-0.2, 0) is 19.1 Å². The van der Waals surface area contributed by atoms with E-state index in [9.17, 15) is 9.59 Å². The van der Waals surface area contributed by atoms with Crippen molar-refractivity contribution in [2.75, 3.05) is 36.2 Å². The molecule has 40 heavy (non-hydrogen) atoms. The van der Waals surface area contributed by atoms with Crippen molar-refractivity contribution in [1.82, 2.24) is 0 Å². The smallest absolute Gasteiger partial charge is 0.306 e. The Morgan fingerprint density at radius 2 is 1.07 bits per heavy atom. The molecule has 0 saturated carbocycles. The molecule has 0 spiro atoms. The van der Waals surface area contributed by atoms with E-state index in [1.165, 1.54) is 54.1 Å². The summed E-state index contributed by atoms with van der Waals surface area (Å²) >= 11 is 11.0. The molecule has 0 aromatic carbocycles. The van der Waals surface area contributed by atoms with Gasteiger partial charge in [-0.1, -0.05) is 103 Å². The Kier molecular flexibility index (Phi) is 14.8. The van der Waals surface area contributed by atoms with Gasteiger partial charge < -0.3 is 9.47 Å². The fraction of sp³-hybridized carbons (Fsp3) is 0.692. The van der Waals surface area contributed by atoms with Crippen LogP contribution in [-0.4, -0.2) is 58.7 Å². The lowest BCUT2D eigenvalue weighted by Crippen LogP contribution is -2.10. The first kappa shape index (κ1) is 33.0. The summed E-state index contributed by atoms with van der Waals surface area (Å²) in [4.78, 5) is 27.1. The monoisotopic (exact) mass is 730 g/mol. The van der Waals surface area contributed by atoms with Gasteiger partial charge in [0.15, 0.2) is 0 Å². The maximum absolute atomic E-state index is 12.5. The highest BCUT2D eigenvalue weighted by molar-refractivity contribution is 8.77. The molecule has 5 aliphatic rings. The summed E-state index contributed by atoms with van der Waals surface area (Å²) in [5, 5.41) is 1.51. The minimum Gasteiger partial charge on any atom is -0.460 e. The number of carbonyl (C=O) groups excluding carboxylic acids is 2. The van der Waals surface area contributed by atoms with Crippen molar-refractivity contribution in [2.24, 2.45) is 0 Å². The van der Waals surface area contributed by atoms with Gasteiger partial charge in [0.2, 0.25) is 0 Å². The summed E-state index contributed by atoms with van der Waals surface area (Å²) in [5.74, 6) is 4.58. The molecule has 5 heterocycles. The molecule has 14 heteroatoms. The van der Waals surface area contributed by atoms with E-state index in [4.69, 9.17) is 9.47 Å². The highest BCUT2D eigenvalue weighted by Gasteiger charge is 2.32. The van der Waals surface area contributed by atoms with E-state index in [0.29, 0.717) is 12.8 Å². The third kappa shape index (κ3) is 10.6. The average molecular weight is 731 g/mol. The predicted octanol–water partition coefficient (Wildman–Crippen LogP) is 10.4. The Morgan fingerprint density at radius 3 is 1.52 bits per heavy atom. The summed E-state index contributed by atoms with van der Waals surface area (Å²) < 4.78 is 16.8. The highest BCUT2D eigenvalue weighted by Crippen LogP contribution is 2.64. The Bertz CT molecular complexity index is 927. The van der Waals surface area contributed by atoms with Crippen LogP contribution in [0.4, 0.5) is 0 Å². The van der Waals surface area contributed by atoms with Crippen molar-refractivity contribution in [3.63, 3.8) is 0 Å². The van der Waals surface area contributed by atoms with Crippen LogP contribution in [0.5, 0.6) is 0 Å². The van der Waals surface area contributed by atoms with Crippen molar-refractivity contribution in [3.05, 3.63) is 26.8 Å². The first-order valence-corrected chi connectivity index (χ1v) is 23.7. The second-order valence-corrected chi connectivity index (χ2v) is 22.6. The standard InChI is InChI=1S/C26H34O4S10/c27-21(7-3-1-5-17-9-11-33-39-17)29-15-19-20(16-30-22(28)8-4-2-6-18-10-12-34-40-18)36-25(35-19)26-37-23-24(38-26)32-14-13-31-23/h17-18H,1-16H2. The van der Waals surface area contributed by atoms with E-state index in [2.05, 4.69) is 0 Å². The van der Waals surface area contributed by atoms with Crippen LogP contribution in [0, 0.1) is 0 Å². The van der Waals surface area contributed by atoms with E-state index in [-0.39, 0.29) is 25.2 Å². The van der Waals surface area contributed by atoms with Gasteiger partial charge >= 0.3 is 11.9 Å². The predicted molar refractivity (Wildman–Crippen MR) is 192 cm³/mol. The van der Waals surface area contributed by atoms with Crippen molar-refractivity contribution in [2.45, 2.75) is 74.7 Å². The molecule has 4 nitrogen and oxygen atoms in total. The minimum absolute atomic E-state index is 0.127. The van der Waals surface area contributed by atoms with Gasteiger partial charge in [0.1, 0.15) is 13.2 Å². The van der Waals surface area contributed by atoms with Gasteiger partial charge in [0.25, 0.3) is 0 Å². The van der Waals surface area contributed by atoms with Crippen molar-refractivity contribution in [1.29, 1.82) is 0 Å². The molecule has 0 aromatic heterocycles. The van der Waals surface area contributed by atoms with E-state index < -0.39 is 0 Å². The molecule has 0 radical (unpaired) electrons.